The Bertz CT molecular complexity index is 245. The summed E-state index contributed by atoms with van der Waals surface area (Å²) in [5.74, 6) is 0. The average Bonchev–Trinajstić information content (AvgIpc) is 1.98. The van der Waals surface area contributed by atoms with Crippen molar-refractivity contribution in [1.82, 2.24) is 9.97 Å². The van der Waals surface area contributed by atoms with Gasteiger partial charge in [-0.1, -0.05) is 0 Å². The minimum absolute atomic E-state index is 0.636. The van der Waals surface area contributed by atoms with E-state index in [4.69, 9.17) is 5.73 Å². The lowest BCUT2D eigenvalue weighted by atomic mass is 10.3. The summed E-state index contributed by atoms with van der Waals surface area (Å²) in [5.41, 5.74) is 8.35. The predicted molar refractivity (Wildman–Crippen MR) is 44.3 cm³/mol. The maximum absolute atomic E-state index is 5.38. The van der Waals surface area contributed by atoms with Crippen LogP contribution in [0.25, 0.3) is 0 Å². The van der Waals surface area contributed by atoms with E-state index >= 15 is 0 Å². The zero-order valence-electron chi connectivity index (χ0n) is 6.96. The first-order valence-corrected chi connectivity index (χ1v) is 3.73. The van der Waals surface area contributed by atoms with Gasteiger partial charge >= 0.3 is 0 Å². The second-order valence-electron chi connectivity index (χ2n) is 2.57. The SMILES string of the molecule is Cc1ncc(CCN)nc1C. The maximum atomic E-state index is 5.38. The van der Waals surface area contributed by atoms with Gasteiger partial charge in [0.05, 0.1) is 17.1 Å². The zero-order valence-corrected chi connectivity index (χ0v) is 6.96. The third kappa shape index (κ3) is 1.98. The Hall–Kier alpha value is -0.960. The molecule has 3 nitrogen and oxygen atoms in total. The number of aromatic nitrogens is 2. The van der Waals surface area contributed by atoms with Crippen LogP contribution in [0.1, 0.15) is 17.1 Å². The summed E-state index contributed by atoms with van der Waals surface area (Å²) in [7, 11) is 0. The maximum Gasteiger partial charge on any atom is 0.0602 e. The van der Waals surface area contributed by atoms with Gasteiger partial charge in [-0.15, -0.1) is 0 Å². The monoisotopic (exact) mass is 151 g/mol. The summed E-state index contributed by atoms with van der Waals surface area (Å²) in [6.07, 6.45) is 2.60. The van der Waals surface area contributed by atoms with Crippen LogP contribution in [0.3, 0.4) is 0 Å². The van der Waals surface area contributed by atoms with Gasteiger partial charge in [-0.25, -0.2) is 0 Å². The quantitative estimate of drug-likeness (QED) is 0.673. The molecular formula is C8H13N3. The summed E-state index contributed by atoms with van der Waals surface area (Å²) in [4.78, 5) is 8.50. The molecule has 1 heterocycles. The second kappa shape index (κ2) is 3.44. The Kier molecular flexibility index (Phi) is 2.54. The molecule has 0 spiro atoms. The largest absolute Gasteiger partial charge is 0.330 e. The van der Waals surface area contributed by atoms with Gasteiger partial charge in [-0.05, 0) is 20.4 Å². The van der Waals surface area contributed by atoms with E-state index in [2.05, 4.69) is 9.97 Å². The van der Waals surface area contributed by atoms with Crippen LogP contribution < -0.4 is 5.73 Å². The Morgan fingerprint density at radius 3 is 2.64 bits per heavy atom. The van der Waals surface area contributed by atoms with Gasteiger partial charge in [0.2, 0.25) is 0 Å². The summed E-state index contributed by atoms with van der Waals surface area (Å²) in [6, 6.07) is 0. The molecule has 0 aliphatic heterocycles. The van der Waals surface area contributed by atoms with Crippen LogP contribution in [0, 0.1) is 13.8 Å². The lowest BCUT2D eigenvalue weighted by Gasteiger charge is -2.00. The lowest BCUT2D eigenvalue weighted by Crippen LogP contribution is -2.06. The van der Waals surface area contributed by atoms with Crippen LogP contribution in [0.15, 0.2) is 6.20 Å². The third-order valence-electron chi connectivity index (χ3n) is 1.64. The molecule has 0 aromatic carbocycles. The normalized spacial score (nSPS) is 10.1. The van der Waals surface area contributed by atoms with Crippen LogP contribution in [-0.4, -0.2) is 16.5 Å². The molecule has 3 heteroatoms. The predicted octanol–water partition coefficient (Wildman–Crippen LogP) is 0.595. The van der Waals surface area contributed by atoms with Crippen LogP contribution in [0.2, 0.25) is 0 Å². The van der Waals surface area contributed by atoms with Gasteiger partial charge in [-0.2, -0.15) is 0 Å². The van der Waals surface area contributed by atoms with Crippen molar-refractivity contribution >= 4 is 0 Å². The number of hydrogen-bond acceptors (Lipinski definition) is 3. The van der Waals surface area contributed by atoms with Crippen molar-refractivity contribution < 1.29 is 0 Å². The molecule has 0 fully saturated rings. The first-order chi connectivity index (χ1) is 5.24. The van der Waals surface area contributed by atoms with Crippen molar-refractivity contribution in [3.05, 3.63) is 23.3 Å². The minimum atomic E-state index is 0.636. The highest BCUT2D eigenvalue weighted by atomic mass is 14.8. The van der Waals surface area contributed by atoms with Crippen molar-refractivity contribution in [1.29, 1.82) is 0 Å². The number of nitrogens with two attached hydrogens (primary N) is 1. The van der Waals surface area contributed by atoms with Gasteiger partial charge in [0.25, 0.3) is 0 Å². The van der Waals surface area contributed by atoms with E-state index in [1.54, 1.807) is 6.20 Å². The Labute approximate surface area is 66.7 Å². The molecule has 0 radical (unpaired) electrons. The highest BCUT2D eigenvalue weighted by molar-refractivity contribution is 5.10. The second-order valence-corrected chi connectivity index (χ2v) is 2.57. The Morgan fingerprint density at radius 2 is 2.09 bits per heavy atom. The van der Waals surface area contributed by atoms with E-state index in [1.165, 1.54) is 0 Å². The molecule has 1 aromatic rings. The van der Waals surface area contributed by atoms with Crippen molar-refractivity contribution in [2.45, 2.75) is 20.3 Å². The molecule has 1 rings (SSSR count). The van der Waals surface area contributed by atoms with Crippen molar-refractivity contribution in [3.8, 4) is 0 Å². The summed E-state index contributed by atoms with van der Waals surface area (Å²) < 4.78 is 0. The number of rotatable bonds is 2. The number of hydrogen-bond donors (Lipinski definition) is 1. The van der Waals surface area contributed by atoms with E-state index in [0.717, 1.165) is 23.5 Å². The summed E-state index contributed by atoms with van der Waals surface area (Å²) in [6.45, 7) is 4.55. The standard InChI is InChI=1S/C8H13N3/c1-6-7(2)11-8(3-4-9)5-10-6/h5H,3-4,9H2,1-2H3. The molecule has 1 aromatic heterocycles. The van der Waals surface area contributed by atoms with Gasteiger partial charge in [0.1, 0.15) is 0 Å². The Balaban J connectivity index is 2.86. The molecule has 2 N–H and O–H groups in total. The lowest BCUT2D eigenvalue weighted by molar-refractivity contribution is 0.882. The van der Waals surface area contributed by atoms with E-state index in [1.807, 2.05) is 13.8 Å². The van der Waals surface area contributed by atoms with E-state index in [-0.39, 0.29) is 0 Å². The molecule has 11 heavy (non-hydrogen) atoms. The van der Waals surface area contributed by atoms with Gasteiger partial charge < -0.3 is 5.73 Å². The Morgan fingerprint density at radius 1 is 1.36 bits per heavy atom. The van der Waals surface area contributed by atoms with Crippen molar-refractivity contribution in [3.63, 3.8) is 0 Å². The molecule has 0 bridgehead atoms. The fraction of sp³-hybridized carbons (Fsp3) is 0.500. The molecule has 0 saturated carbocycles. The molecule has 0 atom stereocenters. The van der Waals surface area contributed by atoms with E-state index in [0.29, 0.717) is 6.54 Å². The summed E-state index contributed by atoms with van der Waals surface area (Å²) >= 11 is 0. The molecule has 0 saturated heterocycles. The number of nitrogens with zero attached hydrogens (tertiary/aromatic N) is 2. The minimum Gasteiger partial charge on any atom is -0.330 e. The molecule has 0 unspecified atom stereocenters. The van der Waals surface area contributed by atoms with E-state index in [9.17, 15) is 0 Å². The highest BCUT2D eigenvalue weighted by Crippen LogP contribution is 2.00. The van der Waals surface area contributed by atoms with Crippen LogP contribution in [-0.2, 0) is 6.42 Å². The molecular weight excluding hydrogens is 138 g/mol. The smallest absolute Gasteiger partial charge is 0.0602 e. The van der Waals surface area contributed by atoms with Gasteiger partial charge in [-0.3, -0.25) is 9.97 Å². The molecule has 60 valence electrons. The fourth-order valence-corrected chi connectivity index (χ4v) is 0.858. The average molecular weight is 151 g/mol. The highest BCUT2D eigenvalue weighted by Gasteiger charge is 1.97. The van der Waals surface area contributed by atoms with Crippen molar-refractivity contribution in [2.24, 2.45) is 5.73 Å². The topological polar surface area (TPSA) is 51.8 Å². The van der Waals surface area contributed by atoms with E-state index < -0.39 is 0 Å². The third-order valence-corrected chi connectivity index (χ3v) is 1.64. The molecule has 0 aliphatic rings. The van der Waals surface area contributed by atoms with Crippen LogP contribution in [0.4, 0.5) is 0 Å². The first kappa shape index (κ1) is 8.14. The first-order valence-electron chi connectivity index (χ1n) is 3.73. The van der Waals surface area contributed by atoms with Crippen LogP contribution >= 0.6 is 0 Å². The molecule has 0 aliphatic carbocycles. The summed E-state index contributed by atoms with van der Waals surface area (Å²) in [5, 5.41) is 0. The van der Waals surface area contributed by atoms with Gasteiger partial charge in [0.15, 0.2) is 0 Å². The van der Waals surface area contributed by atoms with Crippen molar-refractivity contribution in [2.75, 3.05) is 6.54 Å². The van der Waals surface area contributed by atoms with Gasteiger partial charge in [0, 0.05) is 12.6 Å². The van der Waals surface area contributed by atoms with Crippen LogP contribution in [0.5, 0.6) is 0 Å². The number of aryl methyl sites for hydroxylation is 2. The molecule has 0 amide bonds. The zero-order chi connectivity index (χ0) is 8.27. The fourth-order valence-electron chi connectivity index (χ4n) is 0.858.